The van der Waals surface area contributed by atoms with E-state index in [-0.39, 0.29) is 29.7 Å². The highest BCUT2D eigenvalue weighted by Crippen LogP contribution is 2.19. The van der Waals surface area contributed by atoms with Crippen molar-refractivity contribution < 1.29 is 14.7 Å². The molecule has 1 heterocycles. The van der Waals surface area contributed by atoms with E-state index in [0.29, 0.717) is 0 Å². The van der Waals surface area contributed by atoms with Gasteiger partial charge in [0.15, 0.2) is 0 Å². The number of phenols is 1. The molecule has 1 aromatic rings. The minimum Gasteiger partial charge on any atom is -0.507 e. The second-order valence-corrected chi connectivity index (χ2v) is 4.17. The average molecular weight is 247 g/mol. The summed E-state index contributed by atoms with van der Waals surface area (Å²) in [7, 11) is 1.65. The number of amides is 2. The van der Waals surface area contributed by atoms with Crippen LogP contribution in [0.1, 0.15) is 15.9 Å². The number of rotatable bonds is 1. The summed E-state index contributed by atoms with van der Waals surface area (Å²) < 4.78 is 0. The number of nitrogens with zero attached hydrogens (tertiary/aromatic N) is 2. The summed E-state index contributed by atoms with van der Waals surface area (Å²) in [6, 6.07) is 4.71. The number of aromatic hydroxyl groups is 1. The second kappa shape index (κ2) is 4.48. The quantitative estimate of drug-likeness (QED) is 0.745. The van der Waals surface area contributed by atoms with Gasteiger partial charge in [-0.15, -0.1) is 0 Å². The molecule has 0 saturated carbocycles. The molecule has 18 heavy (non-hydrogen) atoms. The lowest BCUT2D eigenvalue weighted by Gasteiger charge is -2.08. The van der Waals surface area contributed by atoms with Crippen LogP contribution in [0.2, 0.25) is 0 Å². The van der Waals surface area contributed by atoms with Gasteiger partial charge in [-0.2, -0.15) is 4.99 Å². The fourth-order valence-corrected chi connectivity index (χ4v) is 1.64. The normalized spacial score (nSPS) is 17.1. The van der Waals surface area contributed by atoms with Gasteiger partial charge < -0.3 is 10.0 Å². The number of aryl methyl sites for hydroxylation is 1. The monoisotopic (exact) mass is 247 g/mol. The molecule has 94 valence electrons. The summed E-state index contributed by atoms with van der Waals surface area (Å²) in [6.45, 7) is 1.98. The van der Waals surface area contributed by atoms with E-state index in [1.54, 1.807) is 13.1 Å². The molecular formula is C12H13N3O3. The molecule has 1 aliphatic rings. The Morgan fingerprint density at radius 1 is 1.50 bits per heavy atom. The molecule has 0 aromatic heterocycles. The van der Waals surface area contributed by atoms with Gasteiger partial charge in [-0.1, -0.05) is 6.07 Å². The van der Waals surface area contributed by atoms with Crippen LogP contribution >= 0.6 is 0 Å². The Hall–Kier alpha value is -2.37. The summed E-state index contributed by atoms with van der Waals surface area (Å²) in [6.07, 6.45) is 0. The van der Waals surface area contributed by atoms with Gasteiger partial charge in [0.25, 0.3) is 5.91 Å². The number of hydrogen-bond acceptors (Lipinski definition) is 3. The molecule has 1 aliphatic heterocycles. The zero-order chi connectivity index (χ0) is 13.3. The Morgan fingerprint density at radius 3 is 2.78 bits per heavy atom. The zero-order valence-corrected chi connectivity index (χ0v) is 10.1. The highest BCUT2D eigenvalue weighted by Gasteiger charge is 2.23. The summed E-state index contributed by atoms with van der Waals surface area (Å²) in [5, 5.41) is 12.1. The Morgan fingerprint density at radius 2 is 2.22 bits per heavy atom. The third-order valence-corrected chi connectivity index (χ3v) is 2.58. The Labute approximate surface area is 104 Å². The van der Waals surface area contributed by atoms with Gasteiger partial charge in [0.2, 0.25) is 11.9 Å². The maximum absolute atomic E-state index is 11.9. The molecule has 0 spiro atoms. The standard InChI is InChI=1S/C12H13N3O3/c1-7-3-4-8(9(16)5-7)11(18)14-12-13-10(17)6-15(12)2/h3-5,16H,6H2,1-2H3,(H,13,14,17,18). The van der Waals surface area contributed by atoms with Crippen molar-refractivity contribution in [3.8, 4) is 5.75 Å². The summed E-state index contributed by atoms with van der Waals surface area (Å²) in [4.78, 5) is 28.3. The van der Waals surface area contributed by atoms with Gasteiger partial charge in [-0.3, -0.25) is 14.9 Å². The number of hydrogen-bond donors (Lipinski definition) is 2. The predicted octanol–water partition coefficient (Wildman–Crippen LogP) is 0.258. The highest BCUT2D eigenvalue weighted by molar-refractivity contribution is 6.11. The number of nitrogens with one attached hydrogen (secondary N) is 1. The number of carbonyl (C=O) groups excluding carboxylic acids is 2. The first kappa shape index (κ1) is 12.1. The number of benzene rings is 1. The van der Waals surface area contributed by atoms with Crippen LogP contribution in [0.3, 0.4) is 0 Å². The molecule has 2 amide bonds. The van der Waals surface area contributed by atoms with Crippen molar-refractivity contribution in [3.63, 3.8) is 0 Å². The fourth-order valence-electron chi connectivity index (χ4n) is 1.64. The SMILES string of the molecule is Cc1ccc(C(=O)N=C2NC(=O)CN2C)c(O)c1. The molecule has 1 saturated heterocycles. The topological polar surface area (TPSA) is 82.0 Å². The number of aliphatic imine (C=N–C) groups is 1. The van der Waals surface area contributed by atoms with Crippen molar-refractivity contribution in [3.05, 3.63) is 29.3 Å². The van der Waals surface area contributed by atoms with E-state index < -0.39 is 5.91 Å². The van der Waals surface area contributed by atoms with E-state index in [4.69, 9.17) is 0 Å². The first-order valence-corrected chi connectivity index (χ1v) is 5.41. The summed E-state index contributed by atoms with van der Waals surface area (Å²) >= 11 is 0. The number of carbonyl (C=O) groups is 2. The lowest BCUT2D eigenvalue weighted by molar-refractivity contribution is -0.118. The molecule has 0 unspecified atom stereocenters. The van der Waals surface area contributed by atoms with Crippen molar-refractivity contribution in [1.82, 2.24) is 10.2 Å². The molecule has 1 aromatic carbocycles. The molecule has 0 atom stereocenters. The first-order chi connectivity index (χ1) is 8.47. The van der Waals surface area contributed by atoms with Crippen molar-refractivity contribution >= 4 is 17.8 Å². The van der Waals surface area contributed by atoms with Gasteiger partial charge >= 0.3 is 0 Å². The molecule has 2 rings (SSSR count). The van der Waals surface area contributed by atoms with Gasteiger partial charge in [-0.05, 0) is 24.6 Å². The average Bonchev–Trinajstić information content (AvgIpc) is 2.57. The van der Waals surface area contributed by atoms with Crippen LogP contribution in [0.25, 0.3) is 0 Å². The molecule has 0 radical (unpaired) electrons. The Bertz CT molecular complexity index is 551. The van der Waals surface area contributed by atoms with Crippen LogP contribution in [0.5, 0.6) is 5.75 Å². The van der Waals surface area contributed by atoms with Crippen LogP contribution in [0, 0.1) is 6.92 Å². The van der Waals surface area contributed by atoms with E-state index in [9.17, 15) is 14.7 Å². The summed E-state index contributed by atoms with van der Waals surface area (Å²) in [5.74, 6) is -0.713. The minimum absolute atomic E-state index is 0.114. The van der Waals surface area contributed by atoms with E-state index >= 15 is 0 Å². The van der Waals surface area contributed by atoms with Crippen LogP contribution in [-0.4, -0.2) is 41.4 Å². The van der Waals surface area contributed by atoms with E-state index in [1.165, 1.54) is 17.0 Å². The fraction of sp³-hybridized carbons (Fsp3) is 0.250. The third-order valence-electron chi connectivity index (χ3n) is 2.58. The van der Waals surface area contributed by atoms with Crippen molar-refractivity contribution in [2.45, 2.75) is 6.92 Å². The molecule has 1 fully saturated rings. The minimum atomic E-state index is -0.587. The molecule has 0 aliphatic carbocycles. The molecule has 0 bridgehead atoms. The zero-order valence-electron chi connectivity index (χ0n) is 10.1. The van der Waals surface area contributed by atoms with Gasteiger partial charge in [0.1, 0.15) is 5.75 Å². The highest BCUT2D eigenvalue weighted by atomic mass is 16.3. The van der Waals surface area contributed by atoms with Crippen molar-refractivity contribution in [1.29, 1.82) is 0 Å². The molecular weight excluding hydrogens is 234 g/mol. The van der Waals surface area contributed by atoms with Crippen LogP contribution in [-0.2, 0) is 4.79 Å². The maximum atomic E-state index is 11.9. The second-order valence-electron chi connectivity index (χ2n) is 4.17. The van der Waals surface area contributed by atoms with Crippen LogP contribution in [0.15, 0.2) is 23.2 Å². The van der Waals surface area contributed by atoms with E-state index in [1.807, 2.05) is 6.92 Å². The predicted molar refractivity (Wildman–Crippen MR) is 65.4 cm³/mol. The number of likely N-dealkylation sites (N-methyl/N-ethyl adjacent to an activating group) is 1. The van der Waals surface area contributed by atoms with Gasteiger partial charge in [-0.25, -0.2) is 0 Å². The molecule has 6 nitrogen and oxygen atoms in total. The third kappa shape index (κ3) is 2.32. The van der Waals surface area contributed by atoms with E-state index in [0.717, 1.165) is 5.56 Å². The first-order valence-electron chi connectivity index (χ1n) is 5.41. The lowest BCUT2D eigenvalue weighted by Crippen LogP contribution is -2.28. The summed E-state index contributed by atoms with van der Waals surface area (Å²) in [5.41, 5.74) is 0.964. The Kier molecular flexibility index (Phi) is 3.01. The van der Waals surface area contributed by atoms with Gasteiger partial charge in [0, 0.05) is 7.05 Å². The van der Waals surface area contributed by atoms with Crippen molar-refractivity contribution in [2.24, 2.45) is 4.99 Å². The van der Waals surface area contributed by atoms with E-state index in [2.05, 4.69) is 10.3 Å². The molecule has 6 heteroatoms. The largest absolute Gasteiger partial charge is 0.507 e. The Balaban J connectivity index is 2.27. The van der Waals surface area contributed by atoms with Crippen LogP contribution in [0.4, 0.5) is 0 Å². The lowest BCUT2D eigenvalue weighted by atomic mass is 10.1. The van der Waals surface area contributed by atoms with Crippen molar-refractivity contribution in [2.75, 3.05) is 13.6 Å². The number of guanidine groups is 1. The molecule has 2 N–H and O–H groups in total. The maximum Gasteiger partial charge on any atom is 0.283 e. The van der Waals surface area contributed by atoms with Gasteiger partial charge in [0.05, 0.1) is 12.1 Å². The van der Waals surface area contributed by atoms with Crippen LogP contribution < -0.4 is 5.32 Å². The number of phenolic OH excluding ortho intramolecular Hbond substituents is 1. The smallest absolute Gasteiger partial charge is 0.283 e.